The Morgan fingerprint density at radius 1 is 1.12 bits per heavy atom. The number of rotatable bonds is 4. The van der Waals surface area contributed by atoms with Gasteiger partial charge in [0.05, 0.1) is 6.61 Å². The summed E-state index contributed by atoms with van der Waals surface area (Å²) in [6, 6.07) is 6.20. The molecule has 132 valence electrons. The van der Waals surface area contributed by atoms with E-state index in [1.165, 1.54) is 9.80 Å². The van der Waals surface area contributed by atoms with Gasteiger partial charge in [-0.1, -0.05) is 30.3 Å². The van der Waals surface area contributed by atoms with Crippen LogP contribution in [0.1, 0.15) is 18.5 Å². The number of hydrogen-bond donors (Lipinski definition) is 1. The maximum atomic E-state index is 13.3. The van der Waals surface area contributed by atoms with Crippen LogP contribution in [0.3, 0.4) is 0 Å². The van der Waals surface area contributed by atoms with Crippen molar-refractivity contribution >= 4 is 12.1 Å². The van der Waals surface area contributed by atoms with E-state index in [0.717, 1.165) is 0 Å². The Hall–Kier alpha value is -2.38. The van der Waals surface area contributed by atoms with Crippen LogP contribution in [0, 0.1) is 0 Å². The van der Waals surface area contributed by atoms with Crippen molar-refractivity contribution in [2.24, 2.45) is 0 Å². The van der Waals surface area contributed by atoms with Gasteiger partial charge in [-0.2, -0.15) is 0 Å². The second-order valence-electron chi connectivity index (χ2n) is 5.35. The number of ether oxygens (including phenoxy) is 1. The normalized spacial score (nSPS) is 16.0. The van der Waals surface area contributed by atoms with Gasteiger partial charge in [-0.3, -0.25) is 0 Å². The summed E-state index contributed by atoms with van der Waals surface area (Å²) in [5.74, 6) is 0. The van der Waals surface area contributed by atoms with Gasteiger partial charge in [-0.15, -0.1) is 0 Å². The first-order valence-electron chi connectivity index (χ1n) is 7.83. The summed E-state index contributed by atoms with van der Waals surface area (Å²) in [6.07, 6.45) is -3.13. The number of benzene rings is 1. The Morgan fingerprint density at radius 3 is 2.25 bits per heavy atom. The topological polar surface area (TPSA) is 61.9 Å². The fourth-order valence-electron chi connectivity index (χ4n) is 2.48. The maximum absolute atomic E-state index is 13.3. The molecule has 1 aromatic carbocycles. The van der Waals surface area contributed by atoms with Gasteiger partial charge >= 0.3 is 12.1 Å². The smallest absolute Gasteiger partial charge is 0.409 e. The van der Waals surface area contributed by atoms with Crippen molar-refractivity contribution in [3.05, 3.63) is 35.9 Å². The van der Waals surface area contributed by atoms with Gasteiger partial charge in [0.1, 0.15) is 6.04 Å². The van der Waals surface area contributed by atoms with E-state index in [9.17, 15) is 18.4 Å². The Labute approximate surface area is 139 Å². The molecule has 1 aliphatic heterocycles. The molecule has 0 bridgehead atoms. The molecule has 1 atom stereocenters. The van der Waals surface area contributed by atoms with Crippen molar-refractivity contribution in [2.45, 2.75) is 19.4 Å². The fraction of sp³-hybridized carbons (Fsp3) is 0.500. The van der Waals surface area contributed by atoms with Crippen molar-refractivity contribution in [3.8, 4) is 0 Å². The van der Waals surface area contributed by atoms with Crippen LogP contribution in [-0.2, 0) is 4.74 Å². The summed E-state index contributed by atoms with van der Waals surface area (Å²) in [6.45, 7) is 3.18. The lowest BCUT2D eigenvalue weighted by Gasteiger charge is -2.34. The minimum Gasteiger partial charge on any atom is -0.450 e. The SMILES string of the molecule is CCOC(=O)N1CCN(C(=O)NC(c2ccccc2)C(F)F)CC1. The molecule has 0 aliphatic carbocycles. The number of nitrogens with one attached hydrogen (secondary N) is 1. The van der Waals surface area contributed by atoms with Crippen molar-refractivity contribution in [1.82, 2.24) is 15.1 Å². The first-order valence-corrected chi connectivity index (χ1v) is 7.83. The highest BCUT2D eigenvalue weighted by atomic mass is 19.3. The van der Waals surface area contributed by atoms with Gasteiger partial charge < -0.3 is 19.9 Å². The Morgan fingerprint density at radius 2 is 1.71 bits per heavy atom. The molecule has 1 aromatic rings. The molecule has 2 rings (SSSR count). The molecular weight excluding hydrogens is 320 g/mol. The van der Waals surface area contributed by atoms with E-state index in [1.807, 2.05) is 0 Å². The summed E-state index contributed by atoms with van der Waals surface area (Å²) in [7, 11) is 0. The van der Waals surface area contributed by atoms with E-state index in [-0.39, 0.29) is 19.7 Å². The Kier molecular flexibility index (Phi) is 6.34. The number of piperazine rings is 1. The number of carbonyl (C=O) groups is 2. The van der Waals surface area contributed by atoms with Crippen LogP contribution in [0.4, 0.5) is 18.4 Å². The number of carbonyl (C=O) groups excluding carboxylic acids is 2. The lowest BCUT2D eigenvalue weighted by atomic mass is 10.1. The van der Waals surface area contributed by atoms with E-state index in [1.54, 1.807) is 37.3 Å². The highest BCUT2D eigenvalue weighted by Crippen LogP contribution is 2.20. The van der Waals surface area contributed by atoms with Crippen LogP contribution in [0.15, 0.2) is 30.3 Å². The third-order valence-electron chi connectivity index (χ3n) is 3.78. The van der Waals surface area contributed by atoms with Crippen LogP contribution >= 0.6 is 0 Å². The van der Waals surface area contributed by atoms with Gasteiger partial charge in [0.15, 0.2) is 0 Å². The number of halogens is 2. The molecule has 1 fully saturated rings. The Bertz CT molecular complexity index is 549. The molecular formula is C16H21F2N3O3. The minimum atomic E-state index is -2.71. The third-order valence-corrected chi connectivity index (χ3v) is 3.78. The maximum Gasteiger partial charge on any atom is 0.409 e. The van der Waals surface area contributed by atoms with Gasteiger partial charge in [-0.25, -0.2) is 18.4 Å². The first-order chi connectivity index (χ1) is 11.5. The van der Waals surface area contributed by atoms with E-state index in [2.05, 4.69) is 5.32 Å². The third kappa shape index (κ3) is 4.56. The lowest BCUT2D eigenvalue weighted by molar-refractivity contribution is 0.0777. The highest BCUT2D eigenvalue weighted by Gasteiger charge is 2.29. The van der Waals surface area contributed by atoms with Crippen LogP contribution < -0.4 is 5.32 Å². The van der Waals surface area contributed by atoms with Crippen LogP contribution in [0.2, 0.25) is 0 Å². The molecule has 1 unspecified atom stereocenters. The zero-order valence-electron chi connectivity index (χ0n) is 13.5. The molecule has 8 heteroatoms. The molecule has 1 aliphatic rings. The monoisotopic (exact) mass is 341 g/mol. The number of urea groups is 1. The van der Waals surface area contributed by atoms with Crippen molar-refractivity contribution in [3.63, 3.8) is 0 Å². The largest absolute Gasteiger partial charge is 0.450 e. The van der Waals surface area contributed by atoms with E-state index in [0.29, 0.717) is 18.7 Å². The molecule has 0 aromatic heterocycles. The molecule has 0 saturated carbocycles. The summed E-state index contributed by atoms with van der Waals surface area (Å²) in [5.41, 5.74) is 0.353. The van der Waals surface area contributed by atoms with Crippen molar-refractivity contribution in [2.75, 3.05) is 32.8 Å². The van der Waals surface area contributed by atoms with Crippen LogP contribution in [0.5, 0.6) is 0 Å². The van der Waals surface area contributed by atoms with E-state index >= 15 is 0 Å². The first kappa shape index (κ1) is 18.0. The zero-order chi connectivity index (χ0) is 17.5. The van der Waals surface area contributed by atoms with Crippen molar-refractivity contribution < 1.29 is 23.1 Å². The second-order valence-corrected chi connectivity index (χ2v) is 5.35. The standard InChI is InChI=1S/C16H21F2N3O3/c1-2-24-16(23)21-10-8-20(9-11-21)15(22)19-13(14(17)18)12-6-4-3-5-7-12/h3-7,13-14H,2,8-11H2,1H3,(H,19,22). The van der Waals surface area contributed by atoms with Crippen LogP contribution in [0.25, 0.3) is 0 Å². The number of amides is 3. The number of alkyl halides is 2. The molecule has 1 N–H and O–H groups in total. The van der Waals surface area contributed by atoms with Gasteiger partial charge in [-0.05, 0) is 12.5 Å². The number of hydrogen-bond acceptors (Lipinski definition) is 3. The average Bonchev–Trinajstić information content (AvgIpc) is 2.60. The van der Waals surface area contributed by atoms with Crippen molar-refractivity contribution in [1.29, 1.82) is 0 Å². The zero-order valence-corrected chi connectivity index (χ0v) is 13.5. The second kappa shape index (κ2) is 8.47. The van der Waals surface area contributed by atoms with E-state index in [4.69, 9.17) is 4.74 Å². The predicted molar refractivity (Wildman–Crippen MR) is 83.9 cm³/mol. The summed E-state index contributed by atoms with van der Waals surface area (Å²) >= 11 is 0. The average molecular weight is 341 g/mol. The van der Waals surface area contributed by atoms with Gasteiger partial charge in [0.2, 0.25) is 0 Å². The predicted octanol–water partition coefficient (Wildman–Crippen LogP) is 2.48. The summed E-state index contributed by atoms with van der Waals surface area (Å²) in [5, 5.41) is 2.37. The molecule has 24 heavy (non-hydrogen) atoms. The molecule has 3 amide bonds. The molecule has 0 spiro atoms. The minimum absolute atomic E-state index is 0.273. The summed E-state index contributed by atoms with van der Waals surface area (Å²) < 4.78 is 31.4. The summed E-state index contributed by atoms with van der Waals surface area (Å²) in [4.78, 5) is 26.8. The van der Waals surface area contributed by atoms with E-state index < -0.39 is 24.6 Å². The highest BCUT2D eigenvalue weighted by molar-refractivity contribution is 5.75. The molecule has 1 saturated heterocycles. The molecule has 1 heterocycles. The molecule has 6 nitrogen and oxygen atoms in total. The fourth-order valence-corrected chi connectivity index (χ4v) is 2.48. The van der Waals surface area contributed by atoms with Crippen LogP contribution in [-0.4, -0.2) is 61.1 Å². The number of nitrogens with zero attached hydrogens (tertiary/aromatic N) is 2. The molecule has 0 radical (unpaired) electrons. The quantitative estimate of drug-likeness (QED) is 0.915. The lowest BCUT2D eigenvalue weighted by Crippen LogP contribution is -2.54. The van der Waals surface area contributed by atoms with Gasteiger partial charge in [0, 0.05) is 26.2 Å². The Balaban J connectivity index is 1.91. The van der Waals surface area contributed by atoms with Gasteiger partial charge in [0.25, 0.3) is 6.43 Å².